The maximum atomic E-state index is 12.7. The summed E-state index contributed by atoms with van der Waals surface area (Å²) in [5.74, 6) is 0.256. The average Bonchev–Trinajstić information content (AvgIpc) is 2.19. The first-order valence-electron chi connectivity index (χ1n) is 5.39. The summed E-state index contributed by atoms with van der Waals surface area (Å²) in [5.41, 5.74) is 1.04. The molecule has 0 saturated carbocycles. The van der Waals surface area contributed by atoms with Gasteiger partial charge in [0.1, 0.15) is 5.82 Å². The maximum absolute atomic E-state index is 12.7. The first kappa shape index (κ1) is 11.2. The summed E-state index contributed by atoms with van der Waals surface area (Å²) in [6.07, 6.45) is 5.92. The molecule has 0 aliphatic rings. The Hall–Kier alpha value is -0.920. The van der Waals surface area contributed by atoms with Gasteiger partial charge in [-0.2, -0.15) is 0 Å². The highest BCUT2D eigenvalue weighted by atomic mass is 19.1. The molecule has 14 heavy (non-hydrogen) atoms. The molecule has 78 valence electrons. The van der Waals surface area contributed by atoms with Crippen LogP contribution in [0.4, 0.5) is 4.39 Å². The minimum absolute atomic E-state index is 0.250. The number of pyridine rings is 1. The Morgan fingerprint density at radius 2 is 1.86 bits per heavy atom. The lowest BCUT2D eigenvalue weighted by Gasteiger charge is -2.14. The second-order valence-corrected chi connectivity index (χ2v) is 3.68. The third-order valence-corrected chi connectivity index (χ3v) is 2.44. The van der Waals surface area contributed by atoms with Gasteiger partial charge in [-0.3, -0.25) is 4.98 Å². The highest BCUT2D eigenvalue weighted by molar-refractivity contribution is 5.10. The molecule has 1 rings (SSSR count). The van der Waals surface area contributed by atoms with E-state index in [1.165, 1.54) is 12.3 Å². The van der Waals surface area contributed by atoms with E-state index in [1.54, 1.807) is 0 Å². The summed E-state index contributed by atoms with van der Waals surface area (Å²) in [6, 6.07) is 3.31. The van der Waals surface area contributed by atoms with Crippen molar-refractivity contribution >= 4 is 0 Å². The summed E-state index contributed by atoms with van der Waals surface area (Å²) in [4.78, 5) is 4.14. The zero-order valence-electron chi connectivity index (χ0n) is 8.96. The Balaban J connectivity index is 2.71. The molecule has 0 aliphatic carbocycles. The Kier molecular flexibility index (Phi) is 4.57. The van der Waals surface area contributed by atoms with Gasteiger partial charge in [0.15, 0.2) is 0 Å². The van der Waals surface area contributed by atoms with Crippen molar-refractivity contribution in [2.24, 2.45) is 0 Å². The smallest absolute Gasteiger partial charge is 0.141 e. The van der Waals surface area contributed by atoms with Gasteiger partial charge in [-0.15, -0.1) is 0 Å². The molecule has 0 spiro atoms. The van der Waals surface area contributed by atoms with Gasteiger partial charge in [-0.1, -0.05) is 26.7 Å². The third-order valence-electron chi connectivity index (χ3n) is 2.44. The monoisotopic (exact) mass is 195 g/mol. The fraction of sp³-hybridized carbons (Fsp3) is 0.583. The van der Waals surface area contributed by atoms with Gasteiger partial charge >= 0.3 is 0 Å². The summed E-state index contributed by atoms with van der Waals surface area (Å²) >= 11 is 0. The fourth-order valence-electron chi connectivity index (χ4n) is 1.77. The Morgan fingerprint density at radius 3 is 2.29 bits per heavy atom. The zero-order chi connectivity index (χ0) is 10.4. The van der Waals surface area contributed by atoms with Crippen LogP contribution in [0, 0.1) is 5.82 Å². The molecule has 0 fully saturated rings. The zero-order valence-corrected chi connectivity index (χ0v) is 8.96. The van der Waals surface area contributed by atoms with E-state index >= 15 is 0 Å². The van der Waals surface area contributed by atoms with Crippen LogP contribution >= 0.6 is 0 Å². The second kappa shape index (κ2) is 5.74. The molecule has 0 amide bonds. The molecule has 1 heterocycles. The molecule has 1 aromatic rings. The molecule has 0 bridgehead atoms. The number of rotatable bonds is 5. The van der Waals surface area contributed by atoms with Crippen LogP contribution in [-0.2, 0) is 0 Å². The molecular formula is C12H18FN. The average molecular weight is 195 g/mol. The molecule has 1 aromatic heterocycles. The van der Waals surface area contributed by atoms with Gasteiger partial charge in [0.05, 0.1) is 6.20 Å². The molecular weight excluding hydrogens is 177 g/mol. The van der Waals surface area contributed by atoms with Crippen molar-refractivity contribution in [3.8, 4) is 0 Å². The number of halogens is 1. The third kappa shape index (κ3) is 3.09. The Labute approximate surface area is 85.4 Å². The SMILES string of the molecule is CCCC(CCC)c1ccc(F)cn1. The van der Waals surface area contributed by atoms with E-state index in [0.29, 0.717) is 5.92 Å². The minimum Gasteiger partial charge on any atom is -0.258 e. The number of nitrogens with zero attached hydrogens (tertiary/aromatic N) is 1. The van der Waals surface area contributed by atoms with Gasteiger partial charge in [0.25, 0.3) is 0 Å². The maximum Gasteiger partial charge on any atom is 0.141 e. The molecule has 1 nitrogen and oxygen atoms in total. The van der Waals surface area contributed by atoms with E-state index in [4.69, 9.17) is 0 Å². The van der Waals surface area contributed by atoms with Crippen molar-refractivity contribution in [1.29, 1.82) is 0 Å². The van der Waals surface area contributed by atoms with Crippen molar-refractivity contribution in [3.05, 3.63) is 29.8 Å². The van der Waals surface area contributed by atoms with E-state index in [0.717, 1.165) is 31.4 Å². The molecule has 0 aliphatic heterocycles. The second-order valence-electron chi connectivity index (χ2n) is 3.68. The predicted octanol–water partition coefficient (Wildman–Crippen LogP) is 3.90. The normalized spacial score (nSPS) is 10.9. The van der Waals surface area contributed by atoms with Gasteiger partial charge < -0.3 is 0 Å². The van der Waals surface area contributed by atoms with Crippen molar-refractivity contribution in [2.45, 2.75) is 45.4 Å². The van der Waals surface area contributed by atoms with E-state index in [2.05, 4.69) is 18.8 Å². The number of aromatic nitrogens is 1. The summed E-state index contributed by atoms with van der Waals surface area (Å²) in [5, 5.41) is 0. The highest BCUT2D eigenvalue weighted by Gasteiger charge is 2.10. The van der Waals surface area contributed by atoms with Crippen molar-refractivity contribution < 1.29 is 4.39 Å². The van der Waals surface area contributed by atoms with Gasteiger partial charge in [0, 0.05) is 11.6 Å². The first-order chi connectivity index (χ1) is 6.77. The van der Waals surface area contributed by atoms with Gasteiger partial charge in [0.2, 0.25) is 0 Å². The summed E-state index contributed by atoms with van der Waals surface area (Å²) in [6.45, 7) is 4.35. The quantitative estimate of drug-likeness (QED) is 0.694. The molecule has 0 atom stereocenters. The van der Waals surface area contributed by atoms with Crippen LogP contribution in [0.1, 0.15) is 51.1 Å². The van der Waals surface area contributed by atoms with Crippen molar-refractivity contribution in [1.82, 2.24) is 4.98 Å². The lowest BCUT2D eigenvalue weighted by Crippen LogP contribution is -2.01. The largest absolute Gasteiger partial charge is 0.258 e. The summed E-state index contributed by atoms with van der Waals surface area (Å²) < 4.78 is 12.7. The number of hydrogen-bond donors (Lipinski definition) is 0. The lowest BCUT2D eigenvalue weighted by molar-refractivity contribution is 0.543. The van der Waals surface area contributed by atoms with Crippen LogP contribution in [0.2, 0.25) is 0 Å². The molecule has 0 saturated heterocycles. The van der Waals surface area contributed by atoms with E-state index in [9.17, 15) is 4.39 Å². The minimum atomic E-state index is -0.250. The van der Waals surface area contributed by atoms with Gasteiger partial charge in [-0.05, 0) is 25.0 Å². The topological polar surface area (TPSA) is 12.9 Å². The summed E-state index contributed by atoms with van der Waals surface area (Å²) in [7, 11) is 0. The predicted molar refractivity (Wildman–Crippen MR) is 56.8 cm³/mol. The standard InChI is InChI=1S/C12H18FN/c1-3-5-10(6-4-2)12-8-7-11(13)9-14-12/h7-10H,3-6H2,1-2H3. The van der Waals surface area contributed by atoms with Crippen LogP contribution in [-0.4, -0.2) is 4.98 Å². The first-order valence-corrected chi connectivity index (χ1v) is 5.39. The van der Waals surface area contributed by atoms with Crippen LogP contribution in [0.3, 0.4) is 0 Å². The molecule has 0 aromatic carbocycles. The highest BCUT2D eigenvalue weighted by Crippen LogP contribution is 2.24. The van der Waals surface area contributed by atoms with Crippen LogP contribution < -0.4 is 0 Å². The van der Waals surface area contributed by atoms with Crippen molar-refractivity contribution in [3.63, 3.8) is 0 Å². The molecule has 0 radical (unpaired) electrons. The lowest BCUT2D eigenvalue weighted by atomic mass is 9.94. The van der Waals surface area contributed by atoms with E-state index < -0.39 is 0 Å². The van der Waals surface area contributed by atoms with Crippen molar-refractivity contribution in [2.75, 3.05) is 0 Å². The van der Waals surface area contributed by atoms with E-state index in [1.807, 2.05) is 6.07 Å². The Morgan fingerprint density at radius 1 is 1.21 bits per heavy atom. The fourth-order valence-corrected chi connectivity index (χ4v) is 1.77. The van der Waals surface area contributed by atoms with E-state index in [-0.39, 0.29) is 5.82 Å². The molecule has 0 unspecified atom stereocenters. The van der Waals surface area contributed by atoms with Gasteiger partial charge in [-0.25, -0.2) is 4.39 Å². The van der Waals surface area contributed by atoms with Crippen LogP contribution in [0.5, 0.6) is 0 Å². The van der Waals surface area contributed by atoms with Crippen LogP contribution in [0.25, 0.3) is 0 Å². The molecule has 0 N–H and O–H groups in total. The Bertz CT molecular complexity index is 250. The number of hydrogen-bond acceptors (Lipinski definition) is 1. The molecule has 2 heteroatoms. The van der Waals surface area contributed by atoms with Crippen LogP contribution in [0.15, 0.2) is 18.3 Å².